The van der Waals surface area contributed by atoms with Gasteiger partial charge in [0.1, 0.15) is 17.2 Å². The molecule has 4 heterocycles. The van der Waals surface area contributed by atoms with E-state index in [-0.39, 0.29) is 11.7 Å². The van der Waals surface area contributed by atoms with Crippen LogP contribution in [0.15, 0.2) is 47.3 Å². The van der Waals surface area contributed by atoms with Crippen molar-refractivity contribution in [2.75, 3.05) is 18.5 Å². The molecule has 0 saturated carbocycles. The van der Waals surface area contributed by atoms with Crippen LogP contribution < -0.4 is 10.9 Å². The number of benzene rings is 1. The van der Waals surface area contributed by atoms with Gasteiger partial charge in [0.15, 0.2) is 0 Å². The number of nitrogens with zero attached hydrogens (tertiary/aromatic N) is 2. The van der Waals surface area contributed by atoms with E-state index in [0.29, 0.717) is 17.8 Å². The Balaban J connectivity index is 1.68. The van der Waals surface area contributed by atoms with Crippen LogP contribution in [0.3, 0.4) is 0 Å². The number of aromatic amines is 1. The summed E-state index contributed by atoms with van der Waals surface area (Å²) in [5, 5.41) is 4.53. The molecule has 0 bridgehead atoms. The van der Waals surface area contributed by atoms with E-state index in [0.717, 1.165) is 53.1 Å². The lowest BCUT2D eigenvalue weighted by molar-refractivity contribution is 0.120. The van der Waals surface area contributed by atoms with Gasteiger partial charge in [-0.3, -0.25) is 9.20 Å². The molecular formula is C23H24N4O2. The Morgan fingerprint density at radius 3 is 2.97 bits per heavy atom. The largest absolute Gasteiger partial charge is 0.376 e. The molecule has 6 heteroatoms. The quantitative estimate of drug-likeness (QED) is 0.553. The third kappa shape index (κ3) is 3.19. The van der Waals surface area contributed by atoms with Crippen LogP contribution in [0.25, 0.3) is 27.8 Å². The summed E-state index contributed by atoms with van der Waals surface area (Å²) in [6.45, 7) is 5.60. The molecule has 1 aromatic carbocycles. The predicted octanol–water partition coefficient (Wildman–Crippen LogP) is 4.05. The summed E-state index contributed by atoms with van der Waals surface area (Å²) >= 11 is 0. The number of rotatable bonds is 4. The molecule has 0 amide bonds. The molecular weight excluding hydrogens is 364 g/mol. The van der Waals surface area contributed by atoms with Crippen molar-refractivity contribution in [1.82, 2.24) is 14.4 Å². The zero-order valence-electron chi connectivity index (χ0n) is 16.7. The fraction of sp³-hybridized carbons (Fsp3) is 0.304. The van der Waals surface area contributed by atoms with Crippen LogP contribution in [0.1, 0.15) is 24.1 Å². The number of ether oxygens (including phenoxy) is 1. The van der Waals surface area contributed by atoms with Gasteiger partial charge in [0.25, 0.3) is 5.56 Å². The molecule has 1 fully saturated rings. The van der Waals surface area contributed by atoms with Crippen molar-refractivity contribution in [3.05, 3.63) is 64.1 Å². The van der Waals surface area contributed by atoms with Crippen LogP contribution in [0, 0.1) is 13.8 Å². The third-order valence-corrected chi connectivity index (χ3v) is 5.61. The van der Waals surface area contributed by atoms with Gasteiger partial charge >= 0.3 is 0 Å². The molecule has 1 saturated heterocycles. The number of imidazole rings is 1. The number of nitrogens with one attached hydrogen (secondary N) is 2. The van der Waals surface area contributed by atoms with E-state index in [1.165, 1.54) is 0 Å². The molecule has 6 nitrogen and oxygen atoms in total. The van der Waals surface area contributed by atoms with Gasteiger partial charge in [0.05, 0.1) is 11.7 Å². The van der Waals surface area contributed by atoms with Crippen LogP contribution in [0.2, 0.25) is 0 Å². The number of fused-ring (bicyclic) bond motifs is 2. The number of anilines is 1. The number of aryl methyl sites for hydroxylation is 2. The molecule has 1 atom stereocenters. The van der Waals surface area contributed by atoms with Crippen molar-refractivity contribution in [3.63, 3.8) is 0 Å². The molecule has 29 heavy (non-hydrogen) atoms. The maximum absolute atomic E-state index is 12.9. The van der Waals surface area contributed by atoms with E-state index in [1.54, 1.807) is 0 Å². The number of aromatic nitrogens is 3. The number of pyridine rings is 2. The van der Waals surface area contributed by atoms with E-state index in [2.05, 4.69) is 20.8 Å². The highest BCUT2D eigenvalue weighted by Gasteiger charge is 2.21. The minimum atomic E-state index is -0.137. The van der Waals surface area contributed by atoms with Gasteiger partial charge in [-0.15, -0.1) is 0 Å². The molecule has 5 rings (SSSR count). The van der Waals surface area contributed by atoms with Gasteiger partial charge in [-0.25, -0.2) is 4.98 Å². The van der Waals surface area contributed by atoms with Crippen LogP contribution in [-0.2, 0) is 4.74 Å². The summed E-state index contributed by atoms with van der Waals surface area (Å²) in [6.07, 6.45) is 2.33. The highest BCUT2D eigenvalue weighted by Crippen LogP contribution is 2.30. The van der Waals surface area contributed by atoms with Crippen molar-refractivity contribution in [2.24, 2.45) is 0 Å². The summed E-state index contributed by atoms with van der Waals surface area (Å²) in [7, 11) is 0. The predicted molar refractivity (Wildman–Crippen MR) is 116 cm³/mol. The van der Waals surface area contributed by atoms with Crippen molar-refractivity contribution >= 4 is 22.4 Å². The highest BCUT2D eigenvalue weighted by atomic mass is 16.5. The Kier molecular flexibility index (Phi) is 4.36. The Morgan fingerprint density at radius 1 is 1.24 bits per heavy atom. The van der Waals surface area contributed by atoms with Gasteiger partial charge in [-0.05, 0) is 62.4 Å². The first-order valence-corrected chi connectivity index (χ1v) is 10.1. The standard InChI is InChI=1S/C23H24N4O2/c1-14-8-9-19-16(11-14)12-18(23(28)25-19)21-22(24-13-17-6-4-10-29-17)27-15(2)5-3-7-20(27)26-21/h3,5,7-9,11-12,17,24H,4,6,10,13H2,1-2H3,(H,25,28)/t17-/m1/s1. The second kappa shape index (κ2) is 7.04. The SMILES string of the molecule is Cc1ccc2[nH]c(=O)c(-c3nc4cccc(C)n4c3NC[C@H]3CCCO3)cc2c1. The first-order valence-electron chi connectivity index (χ1n) is 10.1. The van der Waals surface area contributed by atoms with Crippen LogP contribution in [-0.4, -0.2) is 33.6 Å². The van der Waals surface area contributed by atoms with Gasteiger partial charge in [-0.2, -0.15) is 0 Å². The summed E-state index contributed by atoms with van der Waals surface area (Å²) < 4.78 is 7.85. The average molecular weight is 388 g/mol. The first kappa shape index (κ1) is 17.9. The van der Waals surface area contributed by atoms with Crippen LogP contribution in [0.5, 0.6) is 0 Å². The maximum Gasteiger partial charge on any atom is 0.258 e. The van der Waals surface area contributed by atoms with E-state index in [1.807, 2.05) is 50.2 Å². The molecule has 0 unspecified atom stereocenters. The monoisotopic (exact) mass is 388 g/mol. The minimum Gasteiger partial charge on any atom is -0.376 e. The van der Waals surface area contributed by atoms with Crippen molar-refractivity contribution in [1.29, 1.82) is 0 Å². The number of hydrogen-bond acceptors (Lipinski definition) is 4. The Bertz CT molecular complexity index is 1270. The summed E-state index contributed by atoms with van der Waals surface area (Å²) in [6, 6.07) is 14.0. The topological polar surface area (TPSA) is 71.4 Å². The summed E-state index contributed by atoms with van der Waals surface area (Å²) in [5.41, 5.74) is 4.96. The second-order valence-electron chi connectivity index (χ2n) is 7.79. The molecule has 2 N–H and O–H groups in total. The molecule has 4 aromatic rings. The van der Waals surface area contributed by atoms with Gasteiger partial charge in [0.2, 0.25) is 0 Å². The Hall–Kier alpha value is -3.12. The molecule has 0 spiro atoms. The lowest BCUT2D eigenvalue weighted by Gasteiger charge is -2.14. The number of H-pyrrole nitrogens is 1. The summed E-state index contributed by atoms with van der Waals surface area (Å²) in [5.74, 6) is 0.839. The van der Waals surface area contributed by atoms with Crippen LogP contribution in [0.4, 0.5) is 5.82 Å². The highest BCUT2D eigenvalue weighted by molar-refractivity contribution is 5.86. The van der Waals surface area contributed by atoms with E-state index >= 15 is 0 Å². The summed E-state index contributed by atoms with van der Waals surface area (Å²) in [4.78, 5) is 20.8. The molecule has 0 radical (unpaired) electrons. The lowest BCUT2D eigenvalue weighted by Crippen LogP contribution is -2.20. The first-order chi connectivity index (χ1) is 14.1. The fourth-order valence-corrected chi connectivity index (χ4v) is 4.12. The number of hydrogen-bond donors (Lipinski definition) is 2. The average Bonchev–Trinajstić information content (AvgIpc) is 3.34. The van der Waals surface area contributed by atoms with E-state index < -0.39 is 0 Å². The fourth-order valence-electron chi connectivity index (χ4n) is 4.12. The zero-order valence-corrected chi connectivity index (χ0v) is 16.7. The zero-order chi connectivity index (χ0) is 20.0. The molecule has 0 aliphatic carbocycles. The molecule has 1 aliphatic heterocycles. The van der Waals surface area contributed by atoms with Gasteiger partial charge in [0, 0.05) is 24.4 Å². The van der Waals surface area contributed by atoms with Crippen molar-refractivity contribution < 1.29 is 4.74 Å². The molecule has 148 valence electrons. The minimum absolute atomic E-state index is 0.137. The maximum atomic E-state index is 12.9. The Morgan fingerprint density at radius 2 is 2.14 bits per heavy atom. The third-order valence-electron chi connectivity index (χ3n) is 5.61. The van der Waals surface area contributed by atoms with Crippen molar-refractivity contribution in [3.8, 4) is 11.3 Å². The van der Waals surface area contributed by atoms with E-state index in [4.69, 9.17) is 9.72 Å². The van der Waals surface area contributed by atoms with Gasteiger partial charge < -0.3 is 15.0 Å². The van der Waals surface area contributed by atoms with Crippen LogP contribution >= 0.6 is 0 Å². The second-order valence-corrected chi connectivity index (χ2v) is 7.79. The van der Waals surface area contributed by atoms with Crippen molar-refractivity contribution in [2.45, 2.75) is 32.8 Å². The lowest BCUT2D eigenvalue weighted by atomic mass is 10.1. The smallest absolute Gasteiger partial charge is 0.258 e. The molecule has 1 aliphatic rings. The van der Waals surface area contributed by atoms with Gasteiger partial charge in [-0.1, -0.05) is 17.7 Å². The normalized spacial score (nSPS) is 16.7. The Labute approximate surface area is 168 Å². The molecule has 3 aromatic heterocycles. The van der Waals surface area contributed by atoms with E-state index in [9.17, 15) is 4.79 Å².